The third-order valence-corrected chi connectivity index (χ3v) is 4.98. The monoisotopic (exact) mass is 314 g/mol. The van der Waals surface area contributed by atoms with E-state index in [1.54, 1.807) is 0 Å². The fraction of sp³-hybridized carbons (Fsp3) is 0.632. The molecule has 4 nitrogen and oxygen atoms in total. The summed E-state index contributed by atoms with van der Waals surface area (Å²) in [7, 11) is 1.86. The molecule has 1 heterocycles. The molecule has 1 saturated heterocycles. The maximum Gasteiger partial charge on any atom is 0.191 e. The Kier molecular flexibility index (Phi) is 5.55. The maximum atomic E-state index is 4.37. The molecule has 0 unspecified atom stereocenters. The predicted molar refractivity (Wildman–Crippen MR) is 97.0 cm³/mol. The third kappa shape index (κ3) is 4.96. The molecule has 1 aliphatic heterocycles. The van der Waals surface area contributed by atoms with Crippen molar-refractivity contribution in [1.29, 1.82) is 0 Å². The molecule has 1 aliphatic carbocycles. The van der Waals surface area contributed by atoms with Gasteiger partial charge in [-0.3, -0.25) is 4.99 Å². The van der Waals surface area contributed by atoms with Crippen LogP contribution in [-0.4, -0.2) is 49.6 Å². The van der Waals surface area contributed by atoms with Gasteiger partial charge in [-0.2, -0.15) is 0 Å². The van der Waals surface area contributed by atoms with Gasteiger partial charge in [0.1, 0.15) is 0 Å². The van der Waals surface area contributed by atoms with Gasteiger partial charge in [0, 0.05) is 38.8 Å². The van der Waals surface area contributed by atoms with E-state index in [2.05, 4.69) is 51.7 Å². The van der Waals surface area contributed by atoms with Gasteiger partial charge in [0.2, 0.25) is 0 Å². The smallest absolute Gasteiger partial charge is 0.191 e. The molecule has 3 rings (SSSR count). The van der Waals surface area contributed by atoms with Crippen molar-refractivity contribution in [2.45, 2.75) is 51.1 Å². The molecule has 0 bridgehead atoms. The normalized spacial score (nSPS) is 20.5. The molecule has 23 heavy (non-hydrogen) atoms. The molecule has 0 aromatic heterocycles. The minimum Gasteiger partial charge on any atom is -0.356 e. The van der Waals surface area contributed by atoms with Gasteiger partial charge in [0.05, 0.1) is 0 Å². The molecular formula is C19H30N4. The van der Waals surface area contributed by atoms with Crippen LogP contribution in [0.1, 0.15) is 36.8 Å². The molecule has 126 valence electrons. The van der Waals surface area contributed by atoms with Gasteiger partial charge in [-0.15, -0.1) is 0 Å². The van der Waals surface area contributed by atoms with Crippen LogP contribution in [-0.2, 0) is 6.42 Å². The standard InChI is InChI=1S/C19H30N4/c1-15-3-5-16(6-4-15)9-12-21-19(20-2)22-17-10-13-23(14-11-17)18-7-8-18/h3-6,17-18H,7-14H2,1-2H3,(H2,20,21,22). The van der Waals surface area contributed by atoms with E-state index in [0.717, 1.165) is 25.0 Å². The second-order valence-corrected chi connectivity index (χ2v) is 6.92. The largest absolute Gasteiger partial charge is 0.356 e. The van der Waals surface area contributed by atoms with Gasteiger partial charge >= 0.3 is 0 Å². The molecule has 0 amide bonds. The van der Waals surface area contributed by atoms with Gasteiger partial charge < -0.3 is 15.5 Å². The first kappa shape index (κ1) is 16.3. The van der Waals surface area contributed by atoms with E-state index in [4.69, 9.17) is 0 Å². The second-order valence-electron chi connectivity index (χ2n) is 6.92. The zero-order valence-corrected chi connectivity index (χ0v) is 14.5. The number of nitrogens with zero attached hydrogens (tertiary/aromatic N) is 2. The van der Waals surface area contributed by atoms with E-state index >= 15 is 0 Å². The minimum atomic E-state index is 0.565. The molecule has 1 aromatic rings. The number of guanidine groups is 1. The van der Waals surface area contributed by atoms with Crippen LogP contribution in [0.15, 0.2) is 29.3 Å². The number of rotatable bonds is 5. The van der Waals surface area contributed by atoms with Crippen LogP contribution in [0.2, 0.25) is 0 Å². The Morgan fingerprint density at radius 3 is 2.43 bits per heavy atom. The fourth-order valence-electron chi connectivity index (χ4n) is 3.32. The number of piperidine rings is 1. The number of likely N-dealkylation sites (tertiary alicyclic amines) is 1. The zero-order chi connectivity index (χ0) is 16.1. The van der Waals surface area contributed by atoms with Crippen LogP contribution in [0, 0.1) is 6.92 Å². The van der Waals surface area contributed by atoms with Gasteiger partial charge in [0.15, 0.2) is 5.96 Å². The van der Waals surface area contributed by atoms with Crippen LogP contribution >= 0.6 is 0 Å². The molecule has 2 N–H and O–H groups in total. The summed E-state index contributed by atoms with van der Waals surface area (Å²) < 4.78 is 0. The lowest BCUT2D eigenvalue weighted by atomic mass is 10.1. The molecule has 4 heteroatoms. The van der Waals surface area contributed by atoms with Crippen molar-refractivity contribution in [3.05, 3.63) is 35.4 Å². The Labute approximate surface area is 140 Å². The summed E-state index contributed by atoms with van der Waals surface area (Å²) in [5, 5.41) is 7.04. The number of nitrogens with one attached hydrogen (secondary N) is 2. The molecule has 0 spiro atoms. The SMILES string of the molecule is CN=C(NCCc1ccc(C)cc1)NC1CCN(C2CC2)CC1. The van der Waals surface area contributed by atoms with Crippen molar-refractivity contribution in [1.82, 2.24) is 15.5 Å². The highest BCUT2D eigenvalue weighted by Crippen LogP contribution is 2.29. The maximum absolute atomic E-state index is 4.37. The highest BCUT2D eigenvalue weighted by atomic mass is 15.2. The van der Waals surface area contributed by atoms with Crippen molar-refractivity contribution >= 4 is 5.96 Å². The lowest BCUT2D eigenvalue weighted by Gasteiger charge is -2.33. The lowest BCUT2D eigenvalue weighted by molar-refractivity contribution is 0.197. The number of aryl methyl sites for hydroxylation is 1. The van der Waals surface area contributed by atoms with Crippen LogP contribution in [0.5, 0.6) is 0 Å². The predicted octanol–water partition coefficient (Wildman–Crippen LogP) is 2.33. The summed E-state index contributed by atoms with van der Waals surface area (Å²) >= 11 is 0. The zero-order valence-electron chi connectivity index (χ0n) is 14.5. The Balaban J connectivity index is 1.37. The van der Waals surface area contributed by atoms with Gasteiger partial charge in [-0.1, -0.05) is 29.8 Å². The van der Waals surface area contributed by atoms with Crippen molar-refractivity contribution in [2.24, 2.45) is 4.99 Å². The number of benzene rings is 1. The summed E-state index contributed by atoms with van der Waals surface area (Å²) in [6, 6.07) is 10.2. The molecule has 2 aliphatic rings. The summed E-state index contributed by atoms with van der Waals surface area (Å²) in [4.78, 5) is 7.03. The van der Waals surface area contributed by atoms with Crippen LogP contribution in [0.25, 0.3) is 0 Å². The van der Waals surface area contributed by atoms with E-state index in [1.807, 2.05) is 7.05 Å². The van der Waals surface area contributed by atoms with E-state index in [0.29, 0.717) is 6.04 Å². The number of hydrogen-bond acceptors (Lipinski definition) is 2. The fourth-order valence-corrected chi connectivity index (χ4v) is 3.32. The number of aliphatic imine (C=N–C) groups is 1. The quantitative estimate of drug-likeness (QED) is 0.647. The molecule has 1 aromatic carbocycles. The first-order valence-corrected chi connectivity index (χ1v) is 9.01. The Hall–Kier alpha value is -1.55. The number of hydrogen-bond donors (Lipinski definition) is 2. The Morgan fingerprint density at radius 1 is 1.13 bits per heavy atom. The summed E-state index contributed by atoms with van der Waals surface area (Å²) in [6.45, 7) is 5.53. The first-order valence-electron chi connectivity index (χ1n) is 9.01. The highest BCUT2D eigenvalue weighted by molar-refractivity contribution is 5.79. The van der Waals surface area contributed by atoms with Gasteiger partial charge in [0.25, 0.3) is 0 Å². The van der Waals surface area contributed by atoms with Gasteiger partial charge in [-0.05, 0) is 44.6 Å². The average molecular weight is 314 g/mol. The molecule has 1 saturated carbocycles. The van der Waals surface area contributed by atoms with E-state index in [1.165, 1.54) is 49.9 Å². The first-order chi connectivity index (χ1) is 11.2. The van der Waals surface area contributed by atoms with E-state index in [-0.39, 0.29) is 0 Å². The van der Waals surface area contributed by atoms with E-state index < -0.39 is 0 Å². The Bertz CT molecular complexity index is 511. The van der Waals surface area contributed by atoms with E-state index in [9.17, 15) is 0 Å². The topological polar surface area (TPSA) is 39.7 Å². The van der Waals surface area contributed by atoms with Crippen LogP contribution < -0.4 is 10.6 Å². The average Bonchev–Trinajstić information content (AvgIpc) is 3.41. The third-order valence-electron chi connectivity index (χ3n) is 4.98. The summed E-state index contributed by atoms with van der Waals surface area (Å²) in [5.41, 5.74) is 2.69. The van der Waals surface area contributed by atoms with Crippen molar-refractivity contribution in [3.63, 3.8) is 0 Å². The molecule has 0 radical (unpaired) electrons. The molecule has 2 fully saturated rings. The van der Waals surface area contributed by atoms with Crippen molar-refractivity contribution in [3.8, 4) is 0 Å². The van der Waals surface area contributed by atoms with Gasteiger partial charge in [-0.25, -0.2) is 0 Å². The molecule has 0 atom stereocenters. The second kappa shape index (κ2) is 7.82. The van der Waals surface area contributed by atoms with Crippen molar-refractivity contribution in [2.75, 3.05) is 26.7 Å². The lowest BCUT2D eigenvalue weighted by Crippen LogP contribution is -2.49. The van der Waals surface area contributed by atoms with Crippen LogP contribution in [0.3, 0.4) is 0 Å². The Morgan fingerprint density at radius 2 is 1.83 bits per heavy atom. The highest BCUT2D eigenvalue weighted by Gasteiger charge is 2.31. The molecular weight excluding hydrogens is 284 g/mol. The summed E-state index contributed by atoms with van der Waals surface area (Å²) in [6.07, 6.45) is 6.33. The minimum absolute atomic E-state index is 0.565. The summed E-state index contributed by atoms with van der Waals surface area (Å²) in [5.74, 6) is 0.946. The van der Waals surface area contributed by atoms with Crippen molar-refractivity contribution < 1.29 is 0 Å². The van der Waals surface area contributed by atoms with Crippen LogP contribution in [0.4, 0.5) is 0 Å².